The van der Waals surface area contributed by atoms with Gasteiger partial charge >= 0.3 is 78.3 Å². The van der Waals surface area contributed by atoms with Crippen LogP contribution in [0.15, 0.2) is 109 Å². The van der Waals surface area contributed by atoms with Crippen LogP contribution in [0.1, 0.15) is 107 Å². The SMILES string of the molecule is C.C.CO.COC(=O)[C@H](Cc1ccc(-c2c(Cl)cc(F)cc2Cl)c2c1CCCO2)NC(=O)c1c(F)cc(NS(C)(=O)=O)cc1F.COC(=O)c1c(F)cc(C)cc1F.COC(=O)c1c(F)cc(NS(C)(=O)=O)cc1F.CS(=O)(=O)Cl.CS(=O)(=O)Nc1cc(F)c(C(=O)N[C@@H](Cc2ccc(-c3c(Cl)cc(F)cc3Cl)c3c2CCCO3)C(=O)O)c(F)c1.CS(=O)(=O)Nc1cc(F)c(C(=O)O)c(F)c1.[Li+].[Na+].[OH-].[OH-]. The van der Waals surface area contributed by atoms with Crippen molar-refractivity contribution in [2.45, 2.75) is 72.4 Å². The van der Waals surface area contributed by atoms with Crippen molar-refractivity contribution in [1.29, 1.82) is 0 Å². The van der Waals surface area contributed by atoms with Gasteiger partial charge in [-0.2, -0.15) is 0 Å². The second kappa shape index (κ2) is 57.3. The van der Waals surface area contributed by atoms with E-state index >= 15 is 0 Å². The molecule has 0 radical (unpaired) electrons. The number of fused-ring (bicyclic) bond motifs is 2. The molecule has 0 saturated carbocycles. The number of aliphatic hydroxyl groups is 1. The predicted octanol–water partition coefficient (Wildman–Crippen LogP) is 9.43. The van der Waals surface area contributed by atoms with Gasteiger partial charge in [0, 0.05) is 52.9 Å². The van der Waals surface area contributed by atoms with Crippen LogP contribution >= 0.6 is 57.1 Å². The second-order valence-electron chi connectivity index (χ2n) is 27.7. The Morgan fingerprint density at radius 2 is 0.664 bits per heavy atom. The molecule has 0 spiro atoms. The van der Waals surface area contributed by atoms with E-state index in [1.165, 1.54) is 6.92 Å². The molecule has 760 valence electrons. The van der Waals surface area contributed by atoms with Crippen molar-refractivity contribution in [3.05, 3.63) is 255 Å². The summed E-state index contributed by atoms with van der Waals surface area (Å²) in [7, 11) is -9.56. The van der Waals surface area contributed by atoms with Crippen LogP contribution in [-0.2, 0) is 98.6 Å². The Kier molecular flexibility index (Phi) is 54.0. The number of carbonyl (C=O) groups is 7. The Labute approximate surface area is 853 Å². The molecule has 2 amide bonds. The zero-order valence-corrected chi connectivity index (χ0v) is 83.3. The Morgan fingerprint density at radius 3 is 0.914 bits per heavy atom. The van der Waals surface area contributed by atoms with Gasteiger partial charge in [-0.3, -0.25) is 28.5 Å². The Bertz CT molecular complexity index is 6500. The number of aryl methyl sites for hydroxylation is 1. The van der Waals surface area contributed by atoms with E-state index in [4.69, 9.17) is 70.8 Å². The van der Waals surface area contributed by atoms with E-state index in [1.807, 2.05) is 18.9 Å². The van der Waals surface area contributed by atoms with Crippen LogP contribution in [0.4, 0.5) is 75.4 Å². The zero-order valence-electron chi connectivity index (χ0n) is 73.4. The molecule has 9 aromatic rings. The van der Waals surface area contributed by atoms with Gasteiger partial charge < -0.3 is 60.6 Å². The third-order valence-electron chi connectivity index (χ3n) is 17.2. The minimum atomic E-state index is -3.85. The summed E-state index contributed by atoms with van der Waals surface area (Å²) in [4.78, 5) is 82.6. The number of carboxylic acid groups (broad SMARTS) is 2. The summed E-state index contributed by atoms with van der Waals surface area (Å²) in [5.74, 6) is -21.7. The molecule has 57 heteroatoms. The molecule has 2 aliphatic heterocycles. The molecule has 9 aromatic carbocycles. The van der Waals surface area contributed by atoms with Crippen molar-refractivity contribution >= 4 is 171 Å². The maximum Gasteiger partial charge on any atom is 1.00 e. The first-order valence-corrected chi connectivity index (χ1v) is 48.7. The quantitative estimate of drug-likeness (QED) is 0.00945. The topological polar surface area (TPSA) is 529 Å². The first-order valence-electron chi connectivity index (χ1n) is 36.9. The Morgan fingerprint density at radius 1 is 0.414 bits per heavy atom. The third kappa shape index (κ3) is 39.7. The van der Waals surface area contributed by atoms with Crippen LogP contribution in [0, 0.1) is 76.7 Å². The van der Waals surface area contributed by atoms with E-state index in [0.717, 1.165) is 96.1 Å². The third-order valence-corrected chi connectivity index (χ3v) is 20.8. The van der Waals surface area contributed by atoms with Crippen LogP contribution in [0.5, 0.6) is 11.5 Å². The number of hydrogen-bond donors (Lipinski definition) is 9. The van der Waals surface area contributed by atoms with Crippen LogP contribution in [0.25, 0.3) is 22.3 Å². The number of carbonyl (C=O) groups excluding carboxylic acids is 5. The van der Waals surface area contributed by atoms with Gasteiger partial charge in [0.25, 0.3) is 11.8 Å². The monoisotopic (exact) mass is 2190 g/mol. The average Bonchev–Trinajstić information content (AvgIpc) is 0.768. The standard InChI is InChI=1S/C27H23Cl2F3N2O6S.C26H21Cl2F3N2O6S.C9H9F2NO4S.C9H8F2O2.C8H7F2NO4S.CH3ClO2S.CH4O.2CH4.Li.Na.2H2O/c1-39-27(36)22(33-26(35)24-20(31)11-15(12-21(24)32)34-41(2,37)38)8-13-5-6-17(25-16(13)4-3-7-40-25)23-18(28)9-14(30)10-19(23)29;1-40(37,38)33-14-10-19(30)23(20(31)11-14)25(34)32-21(26(35)36)7-12-4-5-16(24-15(12)3-2-6-39-24)22-17(27)8-13(29)9-18(22)28;1-16-9(13)8-6(10)3-5(4-7(8)11)12-17(2,14)15;1-5-3-6(10)8(7(11)4-5)9(12)13-2;1-16(14,15)11-4-2-5(9)7(8(12)13)6(10)3-4;1-5(2,3)4;1-2;;;;;;/h5-6,9-12,22,34H,3-4,7-8H2,1-2H3,(H,33,35);4-5,8-11,21,33H,2-3,6-7H2,1H3,(H,32,34)(H,35,36);3-4,12H,1-2H3;3-4H,1-2H3;2-3,11H,1H3,(H,12,13);1H3;2H,1H3;2*1H4;;;2*1H2/q;;;;;;;;;2*+1;;/p-2/t22-;21-;;;;;;;;;;;/m00.........../s1. The van der Waals surface area contributed by atoms with Crippen LogP contribution < -0.4 is 87.4 Å². The van der Waals surface area contributed by atoms with Gasteiger partial charge in [-0.1, -0.05) is 85.5 Å². The number of aliphatic carboxylic acids is 1. The molecule has 0 unspecified atom stereocenters. The summed E-state index contributed by atoms with van der Waals surface area (Å²) in [5, 5.41) is 29.9. The van der Waals surface area contributed by atoms with Crippen molar-refractivity contribution in [3.63, 3.8) is 0 Å². The van der Waals surface area contributed by atoms with Crippen LogP contribution in [-0.4, -0.2) is 195 Å². The number of methoxy groups -OCH3 is 3. The van der Waals surface area contributed by atoms with Gasteiger partial charge in [0.2, 0.25) is 49.1 Å². The first-order chi connectivity index (χ1) is 62.0. The molecule has 0 fully saturated rings. The summed E-state index contributed by atoms with van der Waals surface area (Å²) in [6.07, 6.45) is 5.96. The fourth-order valence-electron chi connectivity index (χ4n) is 12.2. The number of aromatic carboxylic acids is 1. The van der Waals surface area contributed by atoms with Crippen LogP contribution in [0.3, 0.4) is 0 Å². The van der Waals surface area contributed by atoms with Gasteiger partial charge in [0.05, 0.1) is 109 Å². The molecule has 140 heavy (non-hydrogen) atoms. The molecule has 11 N–H and O–H groups in total. The van der Waals surface area contributed by atoms with E-state index in [-0.39, 0.29) is 119 Å². The van der Waals surface area contributed by atoms with Crippen molar-refractivity contribution < 1.29 is 227 Å². The summed E-state index contributed by atoms with van der Waals surface area (Å²) >= 11 is 25.1. The molecule has 2 aliphatic rings. The Balaban J connectivity index is 0. The Hall–Kier alpha value is -10.1. The van der Waals surface area contributed by atoms with E-state index in [1.54, 1.807) is 24.3 Å². The number of anilines is 4. The molecule has 0 aliphatic carbocycles. The molecule has 2 heterocycles. The smallest absolute Gasteiger partial charge is 0.870 e. The number of halogens is 17. The predicted molar refractivity (Wildman–Crippen MR) is 487 cm³/mol. The molecular formula is C83H85Cl5F12LiN6NaO27S5. The largest absolute Gasteiger partial charge is 1.00 e. The van der Waals surface area contributed by atoms with Gasteiger partial charge in [-0.05, 0) is 145 Å². The maximum atomic E-state index is 14.7. The summed E-state index contributed by atoms with van der Waals surface area (Å²) in [6, 6.07) is 15.2. The van der Waals surface area contributed by atoms with E-state index in [2.05, 4.69) is 30.8 Å². The average molecular weight is 2190 g/mol. The number of esters is 3. The number of carboxylic acids is 2. The summed E-state index contributed by atoms with van der Waals surface area (Å²) < 4.78 is 305. The molecule has 0 aromatic heterocycles. The number of benzene rings is 9. The number of nitrogens with one attached hydrogen (secondary N) is 6. The first kappa shape index (κ1) is 132. The van der Waals surface area contributed by atoms with E-state index in [0.29, 0.717) is 149 Å². The fourth-order valence-corrected chi connectivity index (χ4v) is 15.7. The minimum absolute atomic E-state index is 0. The normalized spacial score (nSPS) is 11.9. The van der Waals surface area contributed by atoms with Gasteiger partial charge in [0.15, 0.2) is 0 Å². The molecule has 11 rings (SSSR count). The van der Waals surface area contributed by atoms with Gasteiger partial charge in [-0.25, -0.2) is 119 Å². The van der Waals surface area contributed by atoms with Crippen molar-refractivity contribution in [2.24, 2.45) is 0 Å². The van der Waals surface area contributed by atoms with E-state index < -0.39 is 212 Å². The number of amides is 2. The van der Waals surface area contributed by atoms with Gasteiger partial charge in [0.1, 0.15) is 121 Å². The number of ether oxygens (including phenoxy) is 5. The number of aliphatic hydroxyl groups excluding tert-OH is 1. The van der Waals surface area contributed by atoms with Crippen LogP contribution in [0.2, 0.25) is 20.1 Å². The van der Waals surface area contributed by atoms with Crippen molar-refractivity contribution in [1.82, 2.24) is 10.6 Å². The molecule has 0 bridgehead atoms. The number of hydrogen-bond acceptors (Lipinski definition) is 25. The molecular weight excluding hydrogens is 2110 g/mol. The molecule has 33 nitrogen and oxygen atoms in total. The molecule has 0 saturated heterocycles. The number of sulfonamides is 4. The summed E-state index contributed by atoms with van der Waals surface area (Å²) in [6.45, 7) is 2.26. The number of rotatable bonds is 23. The fraction of sp³-hybridized carbons (Fsp3) is 0.265. The zero-order chi connectivity index (χ0) is 102. The van der Waals surface area contributed by atoms with E-state index in [9.17, 15) is 133 Å². The minimum Gasteiger partial charge on any atom is -0.870 e. The van der Waals surface area contributed by atoms with Gasteiger partial charge in [-0.15, -0.1) is 0 Å². The molecule has 2 atom stereocenters. The van der Waals surface area contributed by atoms with Crippen molar-refractivity contribution in [3.8, 4) is 33.8 Å². The second-order valence-corrected chi connectivity index (χ2v) is 39.4. The van der Waals surface area contributed by atoms with Crippen molar-refractivity contribution in [2.75, 3.05) is 91.8 Å². The summed E-state index contributed by atoms with van der Waals surface area (Å²) in [5.41, 5.74) is -1.85. The maximum absolute atomic E-state index is 14.7.